The Labute approximate surface area is 102 Å². The Kier molecular flexibility index (Phi) is 4.26. The van der Waals surface area contributed by atoms with Gasteiger partial charge in [0.1, 0.15) is 11.5 Å². The summed E-state index contributed by atoms with van der Waals surface area (Å²) >= 11 is 10.8. The lowest BCUT2D eigenvalue weighted by Gasteiger charge is -2.13. The van der Waals surface area contributed by atoms with Crippen molar-refractivity contribution in [3.8, 4) is 11.5 Å². The topological polar surface area (TPSA) is 18.5 Å². The Bertz CT molecular complexity index is 408. The van der Waals surface area contributed by atoms with Crippen LogP contribution in [0.1, 0.15) is 0 Å². The summed E-state index contributed by atoms with van der Waals surface area (Å²) in [5.41, 5.74) is 0. The van der Waals surface area contributed by atoms with Crippen LogP contribution in [0.25, 0.3) is 0 Å². The third-order valence-electron chi connectivity index (χ3n) is 1.43. The van der Waals surface area contributed by atoms with Crippen LogP contribution in [0.3, 0.4) is 0 Å². The van der Waals surface area contributed by atoms with Crippen LogP contribution in [0.2, 0.25) is 10.0 Å². The van der Waals surface area contributed by atoms with Crippen LogP contribution in [-0.4, -0.2) is 13.0 Å². The minimum absolute atomic E-state index is 0.478. The van der Waals surface area contributed by atoms with Gasteiger partial charge in [-0.3, -0.25) is 0 Å². The number of hydrogen-bond donors (Lipinski definition) is 0. The highest BCUT2D eigenvalue weighted by atomic mass is 35.5. The minimum atomic E-state index is -4.96. The fourth-order valence-electron chi connectivity index (χ4n) is 0.900. The zero-order valence-electron chi connectivity index (χ0n) is 7.69. The first kappa shape index (κ1) is 14.1. The predicted octanol–water partition coefficient (Wildman–Crippen LogP) is 4.49. The molecule has 2 nitrogen and oxygen atoms in total. The third-order valence-corrected chi connectivity index (χ3v) is 2.02. The molecule has 17 heavy (non-hydrogen) atoms. The molecule has 0 amide bonds. The molecule has 0 aliphatic rings. The molecule has 0 radical (unpaired) electrons. The molecule has 0 aromatic heterocycles. The van der Waals surface area contributed by atoms with Gasteiger partial charge in [0.15, 0.2) is 0 Å². The highest BCUT2D eigenvalue weighted by molar-refractivity contribution is 6.35. The van der Waals surface area contributed by atoms with E-state index in [2.05, 4.69) is 9.47 Å². The van der Waals surface area contributed by atoms with Crippen LogP contribution < -0.4 is 9.47 Å². The lowest BCUT2D eigenvalue weighted by Crippen LogP contribution is -2.17. The molecule has 0 atom stereocenters. The molecule has 0 heterocycles. The van der Waals surface area contributed by atoms with E-state index in [9.17, 15) is 22.0 Å². The molecule has 0 aliphatic heterocycles. The molecule has 0 bridgehead atoms. The number of alkyl halides is 5. The first-order chi connectivity index (χ1) is 7.69. The largest absolute Gasteiger partial charge is 0.573 e. The van der Waals surface area contributed by atoms with Crippen molar-refractivity contribution in [2.75, 3.05) is 0 Å². The summed E-state index contributed by atoms with van der Waals surface area (Å²) in [4.78, 5) is 0. The van der Waals surface area contributed by atoms with Crippen molar-refractivity contribution in [1.29, 1.82) is 0 Å². The zero-order chi connectivity index (χ0) is 13.2. The molecule has 1 aromatic rings. The number of ether oxygens (including phenoxy) is 2. The third kappa shape index (κ3) is 4.43. The van der Waals surface area contributed by atoms with Gasteiger partial charge >= 0.3 is 13.0 Å². The normalized spacial score (nSPS) is 11.8. The summed E-state index contributed by atoms with van der Waals surface area (Å²) in [5.74, 6) is -1.34. The molecule has 0 spiro atoms. The second kappa shape index (κ2) is 5.14. The lowest BCUT2D eigenvalue weighted by atomic mass is 10.3. The Morgan fingerprint density at radius 1 is 1.00 bits per heavy atom. The molecule has 0 fully saturated rings. The van der Waals surface area contributed by atoms with Gasteiger partial charge in [-0.15, -0.1) is 13.2 Å². The maximum atomic E-state index is 11.9. The van der Waals surface area contributed by atoms with Gasteiger partial charge in [-0.05, 0) is 0 Å². The Balaban J connectivity index is 3.01. The van der Waals surface area contributed by atoms with Gasteiger partial charge in [-0.1, -0.05) is 23.2 Å². The second-order valence-electron chi connectivity index (χ2n) is 2.64. The van der Waals surface area contributed by atoms with E-state index >= 15 is 0 Å². The van der Waals surface area contributed by atoms with Crippen molar-refractivity contribution in [1.82, 2.24) is 0 Å². The van der Waals surface area contributed by atoms with E-state index in [0.717, 1.165) is 0 Å². The molecule has 96 valence electrons. The fourth-order valence-corrected chi connectivity index (χ4v) is 1.29. The highest BCUT2D eigenvalue weighted by Gasteiger charge is 2.32. The van der Waals surface area contributed by atoms with Crippen LogP contribution in [0, 0.1) is 0 Å². The standard InChI is InChI=1S/C8H3Cl2F5O2/c9-3-2-6(17-8(13,14)15)4(10)1-5(3)16-7(11)12/h1-2,7H. The van der Waals surface area contributed by atoms with Crippen molar-refractivity contribution in [3.05, 3.63) is 22.2 Å². The second-order valence-corrected chi connectivity index (χ2v) is 3.45. The molecule has 1 aromatic carbocycles. The molecule has 0 saturated carbocycles. The van der Waals surface area contributed by atoms with E-state index in [1.165, 1.54) is 0 Å². The van der Waals surface area contributed by atoms with Gasteiger partial charge in [0.05, 0.1) is 10.0 Å². The zero-order valence-corrected chi connectivity index (χ0v) is 9.21. The van der Waals surface area contributed by atoms with E-state index in [1.807, 2.05) is 0 Å². The predicted molar refractivity (Wildman–Crippen MR) is 49.8 cm³/mol. The van der Waals surface area contributed by atoms with Crippen molar-refractivity contribution in [2.45, 2.75) is 13.0 Å². The van der Waals surface area contributed by atoms with Crippen LogP contribution in [0.4, 0.5) is 22.0 Å². The first-order valence-corrected chi connectivity index (χ1v) is 4.64. The van der Waals surface area contributed by atoms with Crippen molar-refractivity contribution >= 4 is 23.2 Å². The number of halogens is 7. The Morgan fingerprint density at radius 3 is 1.94 bits per heavy atom. The van der Waals surface area contributed by atoms with E-state index in [0.29, 0.717) is 12.1 Å². The van der Waals surface area contributed by atoms with Crippen LogP contribution in [0.5, 0.6) is 11.5 Å². The summed E-state index contributed by atoms with van der Waals surface area (Å²) < 4.78 is 66.8. The fraction of sp³-hybridized carbons (Fsp3) is 0.250. The summed E-state index contributed by atoms with van der Waals surface area (Å²) in [7, 11) is 0. The number of hydrogen-bond acceptors (Lipinski definition) is 2. The van der Waals surface area contributed by atoms with Gasteiger partial charge < -0.3 is 9.47 Å². The summed E-state index contributed by atoms with van der Waals surface area (Å²) in [6, 6.07) is 1.34. The molecular weight excluding hydrogens is 294 g/mol. The van der Waals surface area contributed by atoms with E-state index in [4.69, 9.17) is 23.2 Å². The molecular formula is C8H3Cl2F5O2. The van der Waals surface area contributed by atoms with E-state index in [1.54, 1.807) is 0 Å². The number of rotatable bonds is 3. The van der Waals surface area contributed by atoms with Crippen LogP contribution in [-0.2, 0) is 0 Å². The molecule has 0 N–H and O–H groups in total. The Morgan fingerprint density at radius 2 is 1.47 bits per heavy atom. The van der Waals surface area contributed by atoms with Crippen LogP contribution >= 0.6 is 23.2 Å². The van der Waals surface area contributed by atoms with Gasteiger partial charge in [0.25, 0.3) is 0 Å². The molecule has 1 rings (SSSR count). The van der Waals surface area contributed by atoms with Gasteiger partial charge in [-0.2, -0.15) is 8.78 Å². The summed E-state index contributed by atoms with van der Waals surface area (Å²) in [5, 5.41) is -1.03. The summed E-state index contributed by atoms with van der Waals surface area (Å²) in [6.07, 6.45) is -4.96. The summed E-state index contributed by atoms with van der Waals surface area (Å²) in [6.45, 7) is -3.17. The minimum Gasteiger partial charge on any atom is -0.433 e. The molecule has 9 heteroatoms. The van der Waals surface area contributed by atoms with E-state index < -0.39 is 34.5 Å². The van der Waals surface area contributed by atoms with Gasteiger partial charge in [0, 0.05) is 12.1 Å². The molecule has 0 aliphatic carbocycles. The quantitative estimate of drug-likeness (QED) is 0.765. The maximum Gasteiger partial charge on any atom is 0.573 e. The molecule has 0 unspecified atom stereocenters. The van der Waals surface area contributed by atoms with Crippen molar-refractivity contribution < 1.29 is 31.4 Å². The Hall–Kier alpha value is -0.950. The smallest absolute Gasteiger partial charge is 0.433 e. The lowest BCUT2D eigenvalue weighted by molar-refractivity contribution is -0.274. The van der Waals surface area contributed by atoms with Gasteiger partial charge in [0.2, 0.25) is 0 Å². The van der Waals surface area contributed by atoms with Crippen molar-refractivity contribution in [2.24, 2.45) is 0 Å². The molecule has 0 saturated heterocycles. The maximum absolute atomic E-state index is 11.9. The van der Waals surface area contributed by atoms with E-state index in [-0.39, 0.29) is 0 Å². The van der Waals surface area contributed by atoms with Gasteiger partial charge in [-0.25, -0.2) is 0 Å². The first-order valence-electron chi connectivity index (χ1n) is 3.88. The average molecular weight is 297 g/mol. The number of benzene rings is 1. The van der Waals surface area contributed by atoms with Crippen LogP contribution in [0.15, 0.2) is 12.1 Å². The highest BCUT2D eigenvalue weighted by Crippen LogP contribution is 2.38. The van der Waals surface area contributed by atoms with Crippen molar-refractivity contribution in [3.63, 3.8) is 0 Å². The average Bonchev–Trinajstić information content (AvgIpc) is 2.10. The SMILES string of the molecule is FC(F)Oc1cc(Cl)c(OC(F)(F)F)cc1Cl. The monoisotopic (exact) mass is 296 g/mol.